The van der Waals surface area contributed by atoms with Crippen molar-refractivity contribution in [2.45, 2.75) is 30.8 Å². The van der Waals surface area contributed by atoms with Crippen LogP contribution in [0.5, 0.6) is 0 Å². The number of nitrogens with one attached hydrogen (secondary N) is 1. The van der Waals surface area contributed by atoms with E-state index in [1.165, 1.54) is 17.0 Å². The standard InChI is InChI=1S/C25H21ClN4O4S/c26-20-6-2-4-8-22(20)35(33,34)28-25-19-5-1-3-7-21(19)30(27-25)16-18-11-9-17(10-12-18)15-29-23(31)13-14-24(29)32/h1-12H,13-16H2,(H,27,28). The zero-order valence-electron chi connectivity index (χ0n) is 18.5. The Morgan fingerprint density at radius 1 is 0.829 bits per heavy atom. The summed E-state index contributed by atoms with van der Waals surface area (Å²) in [6, 6.07) is 21.1. The van der Waals surface area contributed by atoms with Gasteiger partial charge in [0.25, 0.3) is 10.0 Å². The molecule has 1 saturated heterocycles. The molecule has 1 N–H and O–H groups in total. The van der Waals surface area contributed by atoms with Gasteiger partial charge in [-0.1, -0.05) is 60.1 Å². The Balaban J connectivity index is 1.39. The highest BCUT2D eigenvalue weighted by Gasteiger charge is 2.28. The Bertz CT molecular complexity index is 1530. The average molecular weight is 509 g/mol. The number of fused-ring (bicyclic) bond motifs is 1. The quantitative estimate of drug-likeness (QED) is 0.377. The summed E-state index contributed by atoms with van der Waals surface area (Å²) in [5.41, 5.74) is 2.55. The monoisotopic (exact) mass is 508 g/mol. The lowest BCUT2D eigenvalue weighted by Crippen LogP contribution is -2.28. The van der Waals surface area contributed by atoms with Crippen molar-refractivity contribution in [3.63, 3.8) is 0 Å². The molecule has 0 radical (unpaired) electrons. The van der Waals surface area contributed by atoms with Gasteiger partial charge in [0.2, 0.25) is 11.8 Å². The maximum Gasteiger partial charge on any atom is 0.264 e. The van der Waals surface area contributed by atoms with Gasteiger partial charge in [-0.25, -0.2) is 8.42 Å². The van der Waals surface area contributed by atoms with E-state index in [-0.39, 0.29) is 46.9 Å². The number of hydrogen-bond donors (Lipinski definition) is 1. The number of rotatable bonds is 7. The molecule has 35 heavy (non-hydrogen) atoms. The zero-order chi connectivity index (χ0) is 24.6. The maximum atomic E-state index is 13.0. The Kier molecular flexibility index (Phi) is 6.04. The summed E-state index contributed by atoms with van der Waals surface area (Å²) in [5.74, 6) is -0.0779. The molecule has 8 nitrogen and oxygen atoms in total. The smallest absolute Gasteiger partial charge is 0.264 e. The molecule has 0 bridgehead atoms. The van der Waals surface area contributed by atoms with E-state index in [9.17, 15) is 18.0 Å². The normalized spacial score (nSPS) is 14.1. The molecule has 0 unspecified atom stereocenters. The Labute approximate surface area is 207 Å². The molecule has 0 saturated carbocycles. The number of amides is 2. The third-order valence-electron chi connectivity index (χ3n) is 5.87. The van der Waals surface area contributed by atoms with E-state index < -0.39 is 10.0 Å². The number of nitrogens with zero attached hydrogens (tertiary/aromatic N) is 3. The van der Waals surface area contributed by atoms with Crippen LogP contribution in [0.3, 0.4) is 0 Å². The lowest BCUT2D eigenvalue weighted by Gasteiger charge is -2.14. The number of halogens is 1. The van der Waals surface area contributed by atoms with Crippen LogP contribution in [-0.4, -0.2) is 34.9 Å². The highest BCUT2D eigenvalue weighted by molar-refractivity contribution is 7.92. The summed E-state index contributed by atoms with van der Waals surface area (Å²) in [6.45, 7) is 0.660. The fraction of sp³-hybridized carbons (Fsp3) is 0.160. The minimum atomic E-state index is -3.94. The van der Waals surface area contributed by atoms with Crippen LogP contribution in [0, 0.1) is 0 Å². The van der Waals surface area contributed by atoms with Gasteiger partial charge in [-0.15, -0.1) is 0 Å². The van der Waals surface area contributed by atoms with E-state index in [0.717, 1.165) is 16.6 Å². The number of carbonyl (C=O) groups is 2. The van der Waals surface area contributed by atoms with E-state index >= 15 is 0 Å². The van der Waals surface area contributed by atoms with Crippen LogP contribution >= 0.6 is 11.6 Å². The number of aromatic nitrogens is 2. The molecule has 5 rings (SSSR count). The van der Waals surface area contributed by atoms with Crippen molar-refractivity contribution in [2.24, 2.45) is 0 Å². The fourth-order valence-corrected chi connectivity index (χ4v) is 5.61. The van der Waals surface area contributed by atoms with E-state index in [4.69, 9.17) is 11.6 Å². The maximum absolute atomic E-state index is 13.0. The molecular weight excluding hydrogens is 488 g/mol. The van der Waals surface area contributed by atoms with Gasteiger partial charge in [-0.2, -0.15) is 5.10 Å². The largest absolute Gasteiger partial charge is 0.278 e. The first kappa shape index (κ1) is 23.1. The van der Waals surface area contributed by atoms with E-state index in [1.807, 2.05) is 42.5 Å². The summed E-state index contributed by atoms with van der Waals surface area (Å²) >= 11 is 6.10. The highest BCUT2D eigenvalue weighted by Crippen LogP contribution is 2.28. The summed E-state index contributed by atoms with van der Waals surface area (Å²) in [5, 5.41) is 5.32. The van der Waals surface area contributed by atoms with Crippen LogP contribution < -0.4 is 4.72 Å². The number of carbonyl (C=O) groups excluding carboxylic acids is 2. The highest BCUT2D eigenvalue weighted by atomic mass is 35.5. The molecule has 3 aromatic carbocycles. The second-order valence-electron chi connectivity index (χ2n) is 8.25. The van der Waals surface area contributed by atoms with E-state index in [2.05, 4.69) is 9.82 Å². The first-order chi connectivity index (χ1) is 16.8. The third-order valence-corrected chi connectivity index (χ3v) is 7.70. The number of imide groups is 1. The molecule has 2 heterocycles. The predicted molar refractivity (Wildman–Crippen MR) is 132 cm³/mol. The van der Waals surface area contributed by atoms with Crippen LogP contribution in [0.15, 0.2) is 77.7 Å². The molecule has 1 aliphatic heterocycles. The molecule has 0 spiro atoms. The second kappa shape index (κ2) is 9.16. The van der Waals surface area contributed by atoms with Gasteiger partial charge in [0, 0.05) is 18.2 Å². The Hall–Kier alpha value is -3.69. The first-order valence-electron chi connectivity index (χ1n) is 11.0. The van der Waals surface area contributed by atoms with Crippen LogP contribution in [0.2, 0.25) is 5.02 Å². The van der Waals surface area contributed by atoms with Crippen molar-refractivity contribution >= 4 is 50.2 Å². The lowest BCUT2D eigenvalue weighted by atomic mass is 10.1. The van der Waals surface area contributed by atoms with Crippen molar-refractivity contribution in [3.8, 4) is 0 Å². The van der Waals surface area contributed by atoms with Crippen LogP contribution in [0.4, 0.5) is 5.82 Å². The van der Waals surface area contributed by atoms with Gasteiger partial charge in [0.1, 0.15) is 4.90 Å². The SMILES string of the molecule is O=C1CCC(=O)N1Cc1ccc(Cn2nc(NS(=O)(=O)c3ccccc3Cl)c3ccccc32)cc1. The zero-order valence-corrected chi connectivity index (χ0v) is 20.1. The number of para-hydroxylation sites is 1. The number of benzene rings is 3. The molecule has 0 aliphatic carbocycles. The summed E-state index contributed by atoms with van der Waals surface area (Å²) in [7, 11) is -3.94. The number of anilines is 1. The van der Waals surface area contributed by atoms with E-state index in [0.29, 0.717) is 11.9 Å². The topological polar surface area (TPSA) is 101 Å². The molecule has 178 valence electrons. The van der Waals surface area contributed by atoms with Crippen molar-refractivity contribution in [1.29, 1.82) is 0 Å². The number of hydrogen-bond acceptors (Lipinski definition) is 5. The van der Waals surface area contributed by atoms with Crippen molar-refractivity contribution in [2.75, 3.05) is 4.72 Å². The van der Waals surface area contributed by atoms with Gasteiger partial charge >= 0.3 is 0 Å². The Morgan fingerprint density at radius 3 is 2.11 bits per heavy atom. The van der Waals surface area contributed by atoms with E-state index in [1.54, 1.807) is 22.9 Å². The van der Waals surface area contributed by atoms with Crippen LogP contribution in [0.1, 0.15) is 24.0 Å². The second-order valence-corrected chi connectivity index (χ2v) is 10.3. The number of likely N-dealkylation sites (tertiary alicyclic amines) is 1. The molecule has 4 aromatic rings. The van der Waals surface area contributed by atoms with Crippen LogP contribution in [-0.2, 0) is 32.7 Å². The van der Waals surface area contributed by atoms with Crippen molar-refractivity contribution in [3.05, 3.63) is 88.9 Å². The minimum Gasteiger partial charge on any atom is -0.278 e. The molecule has 0 atom stereocenters. The lowest BCUT2D eigenvalue weighted by molar-refractivity contribution is -0.139. The third kappa shape index (κ3) is 4.65. The summed E-state index contributed by atoms with van der Waals surface area (Å²) < 4.78 is 30.2. The molecule has 10 heteroatoms. The van der Waals surface area contributed by atoms with Crippen molar-refractivity contribution < 1.29 is 18.0 Å². The first-order valence-corrected chi connectivity index (χ1v) is 12.8. The minimum absolute atomic E-state index is 0.0224. The predicted octanol–water partition coefficient (Wildman–Crippen LogP) is 4.19. The molecule has 1 aliphatic rings. The van der Waals surface area contributed by atoms with Gasteiger partial charge in [-0.3, -0.25) is 23.9 Å². The summed E-state index contributed by atoms with van der Waals surface area (Å²) in [4.78, 5) is 25.0. The van der Waals surface area contributed by atoms with Gasteiger partial charge in [-0.05, 0) is 35.4 Å². The van der Waals surface area contributed by atoms with Gasteiger partial charge in [0.05, 0.1) is 23.6 Å². The van der Waals surface area contributed by atoms with Gasteiger partial charge < -0.3 is 0 Å². The number of sulfonamides is 1. The molecule has 1 fully saturated rings. The fourth-order valence-electron chi connectivity index (χ4n) is 4.07. The summed E-state index contributed by atoms with van der Waals surface area (Å²) in [6.07, 6.45) is 0.539. The molecule has 1 aromatic heterocycles. The van der Waals surface area contributed by atoms with Crippen LogP contribution in [0.25, 0.3) is 10.9 Å². The Morgan fingerprint density at radius 2 is 1.43 bits per heavy atom. The van der Waals surface area contributed by atoms with Gasteiger partial charge in [0.15, 0.2) is 5.82 Å². The molecule has 2 amide bonds. The average Bonchev–Trinajstić information content (AvgIpc) is 3.34. The molecular formula is C25H21ClN4O4S. The van der Waals surface area contributed by atoms with Crippen molar-refractivity contribution in [1.82, 2.24) is 14.7 Å².